The molecular weight excluding hydrogens is 240 g/mol. The van der Waals surface area contributed by atoms with Crippen molar-refractivity contribution in [1.82, 2.24) is 10.2 Å². The number of aliphatic carboxylic acids is 1. The molecule has 0 bridgehead atoms. The predicted octanol–water partition coefficient (Wildman–Crippen LogP) is 2.48. The molecule has 1 heterocycles. The van der Waals surface area contributed by atoms with E-state index in [9.17, 15) is 9.90 Å². The van der Waals surface area contributed by atoms with Crippen molar-refractivity contribution in [3.8, 4) is 0 Å². The first kappa shape index (κ1) is 16.4. The van der Waals surface area contributed by atoms with Crippen molar-refractivity contribution in [2.75, 3.05) is 13.1 Å². The summed E-state index contributed by atoms with van der Waals surface area (Å²) in [5.74, 6) is -0.746. The van der Waals surface area contributed by atoms with Crippen LogP contribution in [0.15, 0.2) is 0 Å². The van der Waals surface area contributed by atoms with E-state index < -0.39 is 11.5 Å². The molecule has 2 N–H and O–H groups in total. The Bertz CT molecular complexity index is 317. The van der Waals surface area contributed by atoms with Crippen molar-refractivity contribution in [3.05, 3.63) is 0 Å². The van der Waals surface area contributed by atoms with Crippen LogP contribution in [-0.2, 0) is 4.79 Å². The van der Waals surface area contributed by atoms with Crippen molar-refractivity contribution in [1.29, 1.82) is 0 Å². The largest absolute Gasteiger partial charge is 0.480 e. The Morgan fingerprint density at radius 3 is 2.58 bits per heavy atom. The van der Waals surface area contributed by atoms with Crippen LogP contribution in [0.1, 0.15) is 60.3 Å². The summed E-state index contributed by atoms with van der Waals surface area (Å²) in [4.78, 5) is 14.0. The smallest absolute Gasteiger partial charge is 0.323 e. The molecule has 1 fully saturated rings. The summed E-state index contributed by atoms with van der Waals surface area (Å²) in [5.41, 5.74) is -0.627. The van der Waals surface area contributed by atoms with Gasteiger partial charge in [0.15, 0.2) is 0 Å². The van der Waals surface area contributed by atoms with Crippen LogP contribution < -0.4 is 5.32 Å². The van der Waals surface area contributed by atoms with E-state index in [-0.39, 0.29) is 11.6 Å². The van der Waals surface area contributed by atoms with E-state index in [1.807, 2.05) is 6.92 Å². The fourth-order valence-corrected chi connectivity index (χ4v) is 3.28. The van der Waals surface area contributed by atoms with E-state index in [0.717, 1.165) is 19.5 Å². The normalized spacial score (nSPS) is 24.1. The van der Waals surface area contributed by atoms with Crippen molar-refractivity contribution < 1.29 is 9.90 Å². The van der Waals surface area contributed by atoms with Gasteiger partial charge in [-0.25, -0.2) is 0 Å². The van der Waals surface area contributed by atoms with Crippen molar-refractivity contribution in [2.45, 2.75) is 77.4 Å². The first-order valence-electron chi connectivity index (χ1n) is 7.48. The number of nitrogens with one attached hydrogen (secondary N) is 1. The third-order valence-electron chi connectivity index (χ3n) is 4.44. The quantitative estimate of drug-likeness (QED) is 0.746. The number of nitrogens with zero attached hydrogens (tertiary/aromatic N) is 1. The van der Waals surface area contributed by atoms with Crippen LogP contribution in [0.4, 0.5) is 0 Å². The van der Waals surface area contributed by atoms with E-state index in [1.165, 1.54) is 12.8 Å². The molecule has 0 aromatic rings. The second-order valence-electron chi connectivity index (χ2n) is 6.73. The van der Waals surface area contributed by atoms with Gasteiger partial charge in [-0.1, -0.05) is 6.92 Å². The highest BCUT2D eigenvalue weighted by Gasteiger charge is 2.40. The number of hydrogen-bond acceptors (Lipinski definition) is 3. The van der Waals surface area contributed by atoms with Crippen LogP contribution >= 0.6 is 0 Å². The number of carboxylic acids is 1. The Labute approximate surface area is 117 Å². The minimum absolute atomic E-state index is 0.198. The number of likely N-dealkylation sites (tertiary alicyclic amines) is 1. The molecule has 2 unspecified atom stereocenters. The molecule has 2 atom stereocenters. The monoisotopic (exact) mass is 270 g/mol. The van der Waals surface area contributed by atoms with Crippen LogP contribution in [-0.4, -0.2) is 46.2 Å². The molecule has 1 rings (SSSR count). The summed E-state index contributed by atoms with van der Waals surface area (Å²) in [6.45, 7) is 12.4. The molecule has 4 nitrogen and oxygen atoms in total. The standard InChI is InChI=1S/C15H30N2O2/c1-6-9-16-15(5,13(18)19)11-12(2)17-10-7-8-14(17,3)4/h12,16H,6-11H2,1-5H3,(H,18,19). The van der Waals surface area contributed by atoms with Crippen LogP contribution in [0, 0.1) is 0 Å². The molecule has 0 radical (unpaired) electrons. The zero-order valence-corrected chi connectivity index (χ0v) is 13.1. The van der Waals surface area contributed by atoms with Crippen LogP contribution in [0.2, 0.25) is 0 Å². The number of rotatable bonds is 7. The summed E-state index contributed by atoms with van der Waals surface area (Å²) in [5, 5.41) is 12.7. The second-order valence-corrected chi connectivity index (χ2v) is 6.73. The molecule has 1 saturated heterocycles. The van der Waals surface area contributed by atoms with Gasteiger partial charge in [0.05, 0.1) is 0 Å². The molecule has 1 aliphatic heterocycles. The Hall–Kier alpha value is -0.610. The third-order valence-corrected chi connectivity index (χ3v) is 4.44. The van der Waals surface area contributed by atoms with Crippen LogP contribution in [0.3, 0.4) is 0 Å². The number of carboxylic acid groups (broad SMARTS) is 1. The first-order chi connectivity index (χ1) is 8.73. The molecule has 0 amide bonds. The summed E-state index contributed by atoms with van der Waals surface area (Å²) in [7, 11) is 0. The van der Waals surface area contributed by atoms with Crippen LogP contribution in [0.25, 0.3) is 0 Å². The third kappa shape index (κ3) is 3.93. The van der Waals surface area contributed by atoms with E-state index in [4.69, 9.17) is 0 Å². The zero-order valence-electron chi connectivity index (χ0n) is 13.1. The molecule has 0 aliphatic carbocycles. The van der Waals surface area contributed by atoms with Crippen molar-refractivity contribution in [2.24, 2.45) is 0 Å². The maximum Gasteiger partial charge on any atom is 0.323 e. The first-order valence-corrected chi connectivity index (χ1v) is 7.48. The summed E-state index contributed by atoms with van der Waals surface area (Å²) < 4.78 is 0. The number of hydrogen-bond donors (Lipinski definition) is 2. The highest BCUT2D eigenvalue weighted by atomic mass is 16.4. The number of carbonyl (C=O) groups is 1. The van der Waals surface area contributed by atoms with E-state index >= 15 is 0 Å². The van der Waals surface area contributed by atoms with Crippen molar-refractivity contribution in [3.63, 3.8) is 0 Å². The Morgan fingerprint density at radius 2 is 2.16 bits per heavy atom. The van der Waals surface area contributed by atoms with Gasteiger partial charge in [0.25, 0.3) is 0 Å². The maximum atomic E-state index is 11.6. The highest BCUT2D eigenvalue weighted by Crippen LogP contribution is 2.32. The molecule has 112 valence electrons. The van der Waals surface area contributed by atoms with Gasteiger partial charge < -0.3 is 10.4 Å². The lowest BCUT2D eigenvalue weighted by Gasteiger charge is -2.40. The van der Waals surface area contributed by atoms with Gasteiger partial charge in [0, 0.05) is 11.6 Å². The van der Waals surface area contributed by atoms with Gasteiger partial charge in [0.2, 0.25) is 0 Å². The van der Waals surface area contributed by atoms with E-state index in [0.29, 0.717) is 6.42 Å². The molecule has 4 heteroatoms. The molecule has 0 spiro atoms. The van der Waals surface area contributed by atoms with Crippen LogP contribution in [0.5, 0.6) is 0 Å². The summed E-state index contributed by atoms with van der Waals surface area (Å²) in [6.07, 6.45) is 4.01. The van der Waals surface area contributed by atoms with Gasteiger partial charge in [-0.05, 0) is 66.5 Å². The fraction of sp³-hybridized carbons (Fsp3) is 0.933. The Balaban J connectivity index is 2.71. The molecular formula is C15H30N2O2. The van der Waals surface area contributed by atoms with Gasteiger partial charge in [-0.2, -0.15) is 0 Å². The SMILES string of the molecule is CCCNC(C)(CC(C)N1CCCC1(C)C)C(=O)O. The topological polar surface area (TPSA) is 52.6 Å². The molecule has 1 aliphatic rings. The van der Waals surface area contributed by atoms with Gasteiger partial charge in [-0.15, -0.1) is 0 Å². The van der Waals surface area contributed by atoms with Gasteiger partial charge in [0.1, 0.15) is 5.54 Å². The average molecular weight is 270 g/mol. The fourth-order valence-electron chi connectivity index (χ4n) is 3.28. The van der Waals surface area contributed by atoms with Gasteiger partial charge in [-0.3, -0.25) is 9.69 Å². The van der Waals surface area contributed by atoms with E-state index in [1.54, 1.807) is 0 Å². The maximum absolute atomic E-state index is 11.6. The second kappa shape index (κ2) is 6.23. The Morgan fingerprint density at radius 1 is 1.53 bits per heavy atom. The lowest BCUT2D eigenvalue weighted by molar-refractivity contribution is -0.145. The minimum atomic E-state index is -0.825. The minimum Gasteiger partial charge on any atom is -0.480 e. The molecule has 0 saturated carbocycles. The lowest BCUT2D eigenvalue weighted by atomic mass is 9.91. The lowest BCUT2D eigenvalue weighted by Crippen LogP contribution is -2.55. The Kier molecular flexibility index (Phi) is 5.39. The predicted molar refractivity (Wildman–Crippen MR) is 78.4 cm³/mol. The molecule has 0 aromatic heterocycles. The molecule has 19 heavy (non-hydrogen) atoms. The highest BCUT2D eigenvalue weighted by molar-refractivity contribution is 5.78. The van der Waals surface area contributed by atoms with Gasteiger partial charge >= 0.3 is 5.97 Å². The average Bonchev–Trinajstić information content (AvgIpc) is 2.66. The van der Waals surface area contributed by atoms with Crippen molar-refractivity contribution >= 4 is 5.97 Å². The summed E-state index contributed by atoms with van der Waals surface area (Å²) in [6, 6.07) is 0.281. The van der Waals surface area contributed by atoms with E-state index in [2.05, 4.69) is 37.9 Å². The molecule has 0 aromatic carbocycles. The summed E-state index contributed by atoms with van der Waals surface area (Å²) >= 11 is 0. The zero-order chi connectivity index (χ0) is 14.7.